The van der Waals surface area contributed by atoms with Crippen molar-refractivity contribution in [1.29, 1.82) is 0 Å². The number of carboxylic acid groups (broad SMARTS) is 2. The molecular formula is C9H13NO4-2. The van der Waals surface area contributed by atoms with Crippen LogP contribution in [0.2, 0.25) is 0 Å². The van der Waals surface area contributed by atoms with Gasteiger partial charge in [-0.25, -0.2) is 0 Å². The van der Waals surface area contributed by atoms with E-state index in [0.29, 0.717) is 0 Å². The van der Waals surface area contributed by atoms with Crippen LogP contribution >= 0.6 is 0 Å². The van der Waals surface area contributed by atoms with Gasteiger partial charge in [0.2, 0.25) is 0 Å². The molecule has 5 heteroatoms. The van der Waals surface area contributed by atoms with Crippen LogP contribution in [0.3, 0.4) is 0 Å². The quantitative estimate of drug-likeness (QED) is 0.505. The molecule has 0 saturated carbocycles. The van der Waals surface area contributed by atoms with Crippen LogP contribution in [-0.4, -0.2) is 25.0 Å². The van der Waals surface area contributed by atoms with Gasteiger partial charge in [-0.3, -0.25) is 0 Å². The van der Waals surface area contributed by atoms with Gasteiger partial charge in [0.05, 0.1) is 11.9 Å². The van der Waals surface area contributed by atoms with Crippen LogP contribution < -0.4 is 15.5 Å². The van der Waals surface area contributed by atoms with E-state index in [1.807, 2.05) is 0 Å². The molecule has 0 aromatic heterocycles. The molecule has 80 valence electrons. The van der Waals surface area contributed by atoms with Crippen molar-refractivity contribution in [3.63, 3.8) is 0 Å². The maximum absolute atomic E-state index is 10.5. The highest BCUT2D eigenvalue weighted by molar-refractivity contribution is 5.90. The Balaban J connectivity index is 2.45. The SMILES string of the molecule is O=C([O-])C(CC1CCNCC1)C(=O)[O-]. The molecule has 0 unspecified atom stereocenters. The molecule has 0 atom stereocenters. The largest absolute Gasteiger partial charge is 0.549 e. The van der Waals surface area contributed by atoms with Gasteiger partial charge in [0.15, 0.2) is 0 Å². The maximum atomic E-state index is 10.5. The minimum absolute atomic E-state index is 0.131. The zero-order valence-electron chi connectivity index (χ0n) is 7.82. The molecule has 1 aliphatic rings. The monoisotopic (exact) mass is 199 g/mol. The molecule has 0 spiro atoms. The summed E-state index contributed by atoms with van der Waals surface area (Å²) >= 11 is 0. The van der Waals surface area contributed by atoms with E-state index in [-0.39, 0.29) is 12.3 Å². The van der Waals surface area contributed by atoms with Crippen molar-refractivity contribution in [2.24, 2.45) is 11.8 Å². The lowest BCUT2D eigenvalue weighted by atomic mass is 9.88. The van der Waals surface area contributed by atoms with E-state index in [0.717, 1.165) is 25.9 Å². The Hall–Kier alpha value is -1.10. The summed E-state index contributed by atoms with van der Waals surface area (Å²) < 4.78 is 0. The number of carboxylic acids is 2. The maximum Gasteiger partial charge on any atom is 0.0501 e. The van der Waals surface area contributed by atoms with Gasteiger partial charge in [-0.1, -0.05) is 0 Å². The third-order valence-corrected chi connectivity index (χ3v) is 2.60. The fourth-order valence-electron chi connectivity index (χ4n) is 1.74. The summed E-state index contributed by atoms with van der Waals surface area (Å²) in [5.41, 5.74) is 0. The van der Waals surface area contributed by atoms with Crippen LogP contribution in [0.1, 0.15) is 19.3 Å². The third-order valence-electron chi connectivity index (χ3n) is 2.60. The van der Waals surface area contributed by atoms with Crippen molar-refractivity contribution in [3.8, 4) is 0 Å². The van der Waals surface area contributed by atoms with Crippen LogP contribution in [-0.2, 0) is 9.59 Å². The van der Waals surface area contributed by atoms with E-state index in [9.17, 15) is 19.8 Å². The zero-order valence-corrected chi connectivity index (χ0v) is 7.82. The van der Waals surface area contributed by atoms with Crippen LogP contribution in [0.25, 0.3) is 0 Å². The van der Waals surface area contributed by atoms with E-state index in [1.165, 1.54) is 0 Å². The summed E-state index contributed by atoms with van der Waals surface area (Å²) in [4.78, 5) is 20.9. The first-order chi connectivity index (χ1) is 6.61. The Bertz CT molecular complexity index is 209. The number of carbonyl (C=O) groups excluding carboxylic acids is 2. The number of piperidine rings is 1. The number of hydrogen-bond acceptors (Lipinski definition) is 5. The first-order valence-corrected chi connectivity index (χ1v) is 4.73. The fourth-order valence-corrected chi connectivity index (χ4v) is 1.74. The number of nitrogens with one attached hydrogen (secondary N) is 1. The number of carbonyl (C=O) groups is 2. The first kappa shape index (κ1) is 11.0. The molecule has 1 N–H and O–H groups in total. The molecule has 14 heavy (non-hydrogen) atoms. The molecule has 0 amide bonds. The van der Waals surface area contributed by atoms with Crippen molar-refractivity contribution in [3.05, 3.63) is 0 Å². The van der Waals surface area contributed by atoms with Crippen molar-refractivity contribution in [2.75, 3.05) is 13.1 Å². The minimum atomic E-state index is -1.54. The molecule has 1 saturated heterocycles. The van der Waals surface area contributed by atoms with E-state index in [2.05, 4.69) is 5.32 Å². The standard InChI is InChI=1S/C9H15NO4/c11-8(12)7(9(13)14)5-6-1-3-10-4-2-6/h6-7,10H,1-5H2,(H,11,12)(H,13,14)/p-2. The van der Waals surface area contributed by atoms with Gasteiger partial charge < -0.3 is 25.1 Å². The Morgan fingerprint density at radius 1 is 1.21 bits per heavy atom. The van der Waals surface area contributed by atoms with Crippen LogP contribution in [0.5, 0.6) is 0 Å². The highest BCUT2D eigenvalue weighted by atomic mass is 16.4. The van der Waals surface area contributed by atoms with Gasteiger partial charge >= 0.3 is 0 Å². The van der Waals surface area contributed by atoms with Crippen molar-refractivity contribution in [1.82, 2.24) is 5.32 Å². The topological polar surface area (TPSA) is 92.3 Å². The summed E-state index contributed by atoms with van der Waals surface area (Å²) in [6, 6.07) is 0. The van der Waals surface area contributed by atoms with E-state index >= 15 is 0 Å². The van der Waals surface area contributed by atoms with Gasteiger partial charge in [0, 0.05) is 5.92 Å². The molecule has 0 radical (unpaired) electrons. The molecule has 0 aliphatic carbocycles. The average Bonchev–Trinajstić information content (AvgIpc) is 2.15. The molecule has 5 nitrogen and oxygen atoms in total. The number of hydrogen-bond donors (Lipinski definition) is 1. The van der Waals surface area contributed by atoms with Gasteiger partial charge in [-0.15, -0.1) is 0 Å². The summed E-state index contributed by atoms with van der Waals surface area (Å²) in [5, 5.41) is 24.1. The second-order valence-electron chi connectivity index (χ2n) is 3.62. The van der Waals surface area contributed by atoms with Gasteiger partial charge in [-0.2, -0.15) is 0 Å². The Morgan fingerprint density at radius 2 is 1.71 bits per heavy atom. The minimum Gasteiger partial charge on any atom is -0.549 e. The predicted molar refractivity (Wildman–Crippen MR) is 43.7 cm³/mol. The van der Waals surface area contributed by atoms with Crippen LogP contribution in [0, 0.1) is 11.8 Å². The molecular weight excluding hydrogens is 186 g/mol. The molecule has 1 fully saturated rings. The molecule has 1 heterocycles. The Labute approximate surface area is 82.1 Å². The normalized spacial score (nSPS) is 18.4. The highest BCUT2D eigenvalue weighted by Crippen LogP contribution is 2.20. The number of rotatable bonds is 4. The smallest absolute Gasteiger partial charge is 0.0501 e. The molecule has 0 bridgehead atoms. The lowest BCUT2D eigenvalue weighted by Gasteiger charge is -2.27. The van der Waals surface area contributed by atoms with E-state index < -0.39 is 17.9 Å². The predicted octanol–water partition coefficient (Wildman–Crippen LogP) is -2.51. The fraction of sp³-hybridized carbons (Fsp3) is 0.778. The Morgan fingerprint density at radius 3 is 2.14 bits per heavy atom. The molecule has 1 rings (SSSR count). The molecule has 0 aromatic carbocycles. The van der Waals surface area contributed by atoms with Crippen molar-refractivity contribution >= 4 is 11.9 Å². The second-order valence-corrected chi connectivity index (χ2v) is 3.62. The molecule has 0 aromatic rings. The summed E-state index contributed by atoms with van der Waals surface area (Å²) in [6.07, 6.45) is 1.76. The van der Waals surface area contributed by atoms with Gasteiger partial charge in [-0.05, 0) is 38.3 Å². The average molecular weight is 199 g/mol. The van der Waals surface area contributed by atoms with Gasteiger partial charge in [0.25, 0.3) is 0 Å². The second kappa shape index (κ2) is 4.95. The third kappa shape index (κ3) is 2.99. The van der Waals surface area contributed by atoms with Crippen LogP contribution in [0.15, 0.2) is 0 Å². The molecule has 1 aliphatic heterocycles. The lowest BCUT2D eigenvalue weighted by Crippen LogP contribution is -2.45. The number of aliphatic carboxylic acids is 2. The van der Waals surface area contributed by atoms with E-state index in [4.69, 9.17) is 0 Å². The van der Waals surface area contributed by atoms with Crippen molar-refractivity contribution < 1.29 is 19.8 Å². The summed E-state index contributed by atoms with van der Waals surface area (Å²) in [7, 11) is 0. The van der Waals surface area contributed by atoms with Crippen molar-refractivity contribution in [2.45, 2.75) is 19.3 Å². The lowest BCUT2D eigenvalue weighted by molar-refractivity contribution is -0.332. The summed E-state index contributed by atoms with van der Waals surface area (Å²) in [5.74, 6) is -4.39. The highest BCUT2D eigenvalue weighted by Gasteiger charge is 2.20. The van der Waals surface area contributed by atoms with E-state index in [1.54, 1.807) is 0 Å². The van der Waals surface area contributed by atoms with Gasteiger partial charge in [0.1, 0.15) is 0 Å². The summed E-state index contributed by atoms with van der Waals surface area (Å²) in [6.45, 7) is 1.63. The zero-order chi connectivity index (χ0) is 10.6. The Kier molecular flexibility index (Phi) is 3.88. The first-order valence-electron chi connectivity index (χ1n) is 4.73. The van der Waals surface area contributed by atoms with Crippen LogP contribution in [0.4, 0.5) is 0 Å².